The molecule has 0 radical (unpaired) electrons. The van der Waals surface area contributed by atoms with Crippen molar-refractivity contribution >= 4 is 17.5 Å². The molecule has 1 fully saturated rings. The molecule has 1 aromatic carbocycles. The first-order valence-electron chi connectivity index (χ1n) is 11.9. The van der Waals surface area contributed by atoms with E-state index in [1.54, 1.807) is 14.2 Å². The summed E-state index contributed by atoms with van der Waals surface area (Å²) in [5, 5.41) is 9.91. The number of rotatable bonds is 10. The molecule has 4 rings (SSSR count). The highest BCUT2D eigenvalue weighted by molar-refractivity contribution is 7.99. The Kier molecular flexibility index (Phi) is 8.11. The van der Waals surface area contributed by atoms with Gasteiger partial charge in [-0.15, -0.1) is 10.2 Å². The molecule has 2 heterocycles. The maximum absolute atomic E-state index is 13.2. The van der Waals surface area contributed by atoms with E-state index in [1.807, 2.05) is 44.2 Å². The van der Waals surface area contributed by atoms with Crippen molar-refractivity contribution in [1.82, 2.24) is 19.3 Å². The molecule has 7 nitrogen and oxygen atoms in total. The molecule has 0 amide bonds. The van der Waals surface area contributed by atoms with E-state index in [9.17, 15) is 4.79 Å². The second-order valence-corrected chi connectivity index (χ2v) is 9.78. The number of hydrogen-bond acceptors (Lipinski definition) is 6. The number of Topliss-reactive ketones (excluding diaryl/α,β-unsaturated/α-hetero) is 1. The molecule has 1 aliphatic carbocycles. The lowest BCUT2D eigenvalue weighted by atomic mass is 9.95. The van der Waals surface area contributed by atoms with Gasteiger partial charge in [0.05, 0.1) is 19.5 Å². The van der Waals surface area contributed by atoms with Crippen LogP contribution in [0.15, 0.2) is 35.5 Å². The van der Waals surface area contributed by atoms with E-state index in [2.05, 4.69) is 19.3 Å². The summed E-state index contributed by atoms with van der Waals surface area (Å²) in [6, 6.07) is 10.3. The van der Waals surface area contributed by atoms with Crippen LogP contribution in [-0.2, 0) is 11.3 Å². The van der Waals surface area contributed by atoms with Gasteiger partial charge in [0.25, 0.3) is 0 Å². The highest BCUT2D eigenvalue weighted by atomic mass is 32.2. The summed E-state index contributed by atoms with van der Waals surface area (Å²) in [5.74, 6) is 2.13. The molecular weight excluding hydrogens is 448 g/mol. The average Bonchev–Trinajstić information content (AvgIpc) is 3.42. The molecule has 1 saturated carbocycles. The third kappa shape index (κ3) is 5.23. The summed E-state index contributed by atoms with van der Waals surface area (Å²) in [5.41, 5.74) is 3.86. The molecule has 34 heavy (non-hydrogen) atoms. The summed E-state index contributed by atoms with van der Waals surface area (Å²) in [6.45, 7) is 5.41. The lowest BCUT2D eigenvalue weighted by Gasteiger charge is -2.25. The molecule has 0 bridgehead atoms. The third-order valence-electron chi connectivity index (χ3n) is 6.68. The maximum Gasteiger partial charge on any atom is 0.192 e. The van der Waals surface area contributed by atoms with E-state index in [4.69, 9.17) is 9.47 Å². The van der Waals surface area contributed by atoms with Crippen molar-refractivity contribution in [3.63, 3.8) is 0 Å². The van der Waals surface area contributed by atoms with Gasteiger partial charge in [-0.25, -0.2) is 0 Å². The SMILES string of the molecule is COCCn1c(C)cc(C(=O)CSc2nnc(-c3ccc(OC)cc3)n2C2CCCCC2)c1C. The van der Waals surface area contributed by atoms with Crippen LogP contribution in [0.25, 0.3) is 11.4 Å². The van der Waals surface area contributed by atoms with Gasteiger partial charge >= 0.3 is 0 Å². The zero-order chi connectivity index (χ0) is 24.1. The fourth-order valence-corrected chi connectivity index (χ4v) is 5.69. The van der Waals surface area contributed by atoms with Crippen LogP contribution >= 0.6 is 11.8 Å². The van der Waals surface area contributed by atoms with Gasteiger partial charge in [-0.1, -0.05) is 31.0 Å². The minimum absolute atomic E-state index is 0.117. The summed E-state index contributed by atoms with van der Waals surface area (Å²) in [7, 11) is 3.36. The van der Waals surface area contributed by atoms with Gasteiger partial charge in [0.1, 0.15) is 5.75 Å². The predicted octanol–water partition coefficient (Wildman–Crippen LogP) is 5.50. The number of hydrogen-bond donors (Lipinski definition) is 0. The zero-order valence-electron chi connectivity index (χ0n) is 20.5. The van der Waals surface area contributed by atoms with Crippen LogP contribution in [0.1, 0.15) is 59.9 Å². The van der Waals surface area contributed by atoms with Gasteiger partial charge in [0.15, 0.2) is 16.8 Å². The van der Waals surface area contributed by atoms with Crippen molar-refractivity contribution < 1.29 is 14.3 Å². The van der Waals surface area contributed by atoms with Gasteiger partial charge in [-0.3, -0.25) is 9.36 Å². The fraction of sp³-hybridized carbons (Fsp3) is 0.500. The van der Waals surface area contributed by atoms with Crippen molar-refractivity contribution in [1.29, 1.82) is 0 Å². The number of carbonyl (C=O) groups is 1. The molecular formula is C26H34N4O3S. The van der Waals surface area contributed by atoms with Crippen molar-refractivity contribution in [2.24, 2.45) is 0 Å². The number of benzene rings is 1. The Labute approximate surface area is 205 Å². The Bertz CT molecular complexity index is 1110. The Morgan fingerprint density at radius 1 is 1.09 bits per heavy atom. The van der Waals surface area contributed by atoms with E-state index < -0.39 is 0 Å². The molecule has 0 spiro atoms. The summed E-state index contributed by atoms with van der Waals surface area (Å²) >= 11 is 1.49. The van der Waals surface area contributed by atoms with E-state index >= 15 is 0 Å². The Morgan fingerprint density at radius 2 is 1.82 bits per heavy atom. The van der Waals surface area contributed by atoms with Crippen molar-refractivity contribution in [3.8, 4) is 17.1 Å². The number of nitrogens with zero attached hydrogens (tertiary/aromatic N) is 4. The molecule has 2 aromatic heterocycles. The lowest BCUT2D eigenvalue weighted by molar-refractivity contribution is 0.102. The number of carbonyl (C=O) groups excluding carboxylic acids is 1. The van der Waals surface area contributed by atoms with E-state index in [1.165, 1.54) is 31.0 Å². The summed E-state index contributed by atoms with van der Waals surface area (Å²) in [6.07, 6.45) is 5.92. The Balaban J connectivity index is 1.57. The first kappa shape index (κ1) is 24.5. The van der Waals surface area contributed by atoms with Crippen LogP contribution in [0.3, 0.4) is 0 Å². The monoisotopic (exact) mass is 482 g/mol. The van der Waals surface area contributed by atoms with Gasteiger partial charge < -0.3 is 14.0 Å². The highest BCUT2D eigenvalue weighted by Gasteiger charge is 2.25. The molecule has 182 valence electrons. The van der Waals surface area contributed by atoms with Gasteiger partial charge in [-0.05, 0) is 57.0 Å². The van der Waals surface area contributed by atoms with E-state index in [-0.39, 0.29) is 5.78 Å². The van der Waals surface area contributed by atoms with Crippen LogP contribution in [0.5, 0.6) is 5.75 Å². The molecule has 8 heteroatoms. The van der Waals surface area contributed by atoms with Gasteiger partial charge in [0.2, 0.25) is 0 Å². The van der Waals surface area contributed by atoms with E-state index in [0.29, 0.717) is 18.4 Å². The zero-order valence-corrected chi connectivity index (χ0v) is 21.4. The van der Waals surface area contributed by atoms with Crippen molar-refractivity contribution in [2.75, 3.05) is 26.6 Å². The average molecular weight is 483 g/mol. The minimum atomic E-state index is 0.117. The minimum Gasteiger partial charge on any atom is -0.497 e. The molecule has 1 aliphatic rings. The summed E-state index contributed by atoms with van der Waals surface area (Å²) < 4.78 is 14.9. The lowest BCUT2D eigenvalue weighted by Crippen LogP contribution is -2.16. The number of ether oxygens (including phenoxy) is 2. The topological polar surface area (TPSA) is 71.2 Å². The van der Waals surface area contributed by atoms with Crippen LogP contribution < -0.4 is 4.74 Å². The third-order valence-corrected chi connectivity index (χ3v) is 7.62. The molecule has 0 aliphatic heterocycles. The molecule has 3 aromatic rings. The van der Waals surface area contributed by atoms with Crippen LogP contribution in [-0.4, -0.2) is 51.7 Å². The molecule has 0 N–H and O–H groups in total. The smallest absolute Gasteiger partial charge is 0.192 e. The first-order chi connectivity index (χ1) is 16.5. The second kappa shape index (κ2) is 11.2. The normalized spacial score (nSPS) is 14.5. The van der Waals surface area contributed by atoms with Crippen LogP contribution in [0, 0.1) is 13.8 Å². The largest absolute Gasteiger partial charge is 0.497 e. The fourth-order valence-electron chi connectivity index (χ4n) is 4.80. The maximum atomic E-state index is 13.2. The first-order valence-corrected chi connectivity index (χ1v) is 12.9. The highest BCUT2D eigenvalue weighted by Crippen LogP contribution is 2.36. The van der Waals surface area contributed by atoms with Gasteiger partial charge in [-0.2, -0.15) is 0 Å². The Hall–Kier alpha value is -2.58. The predicted molar refractivity (Wildman–Crippen MR) is 135 cm³/mol. The number of methoxy groups -OCH3 is 2. The standard InChI is InChI=1S/C26H34N4O3S/c1-18-16-23(19(2)29(18)14-15-32-3)24(31)17-34-26-28-27-25(20-10-12-22(33-4)13-11-20)30(26)21-8-6-5-7-9-21/h10-13,16,21H,5-9,14-15,17H2,1-4H3. The second-order valence-electron chi connectivity index (χ2n) is 8.84. The quantitative estimate of drug-likeness (QED) is 0.281. The number of aryl methyl sites for hydroxylation is 1. The van der Waals surface area contributed by atoms with Crippen molar-refractivity contribution in [2.45, 2.75) is 63.7 Å². The van der Waals surface area contributed by atoms with Crippen molar-refractivity contribution in [3.05, 3.63) is 47.3 Å². The Morgan fingerprint density at radius 3 is 2.50 bits per heavy atom. The molecule has 0 saturated heterocycles. The number of ketones is 1. The van der Waals surface area contributed by atoms with Crippen LogP contribution in [0.2, 0.25) is 0 Å². The molecule has 0 atom stereocenters. The van der Waals surface area contributed by atoms with Gasteiger partial charge in [0, 0.05) is 42.2 Å². The summed E-state index contributed by atoms with van der Waals surface area (Å²) in [4.78, 5) is 13.2. The molecule has 0 unspecified atom stereocenters. The number of aromatic nitrogens is 4. The van der Waals surface area contributed by atoms with Crippen LogP contribution in [0.4, 0.5) is 0 Å². The number of thioether (sulfide) groups is 1. The van der Waals surface area contributed by atoms with E-state index in [0.717, 1.165) is 58.6 Å².